The van der Waals surface area contributed by atoms with Gasteiger partial charge in [0.2, 0.25) is 5.28 Å². The molecule has 1 N–H and O–H groups in total. The standard InChI is InChI=1S/C14H26ClN3OSi/c1-11-10-17-13(15)18-12(11)16-8-7-9-19-20(5,6)14(2,3)4/h10H,7-9H2,1-6H3,(H,16,17,18). The second-order valence-electron chi connectivity index (χ2n) is 6.56. The molecule has 0 aliphatic rings. The molecule has 4 nitrogen and oxygen atoms in total. The van der Waals surface area contributed by atoms with E-state index in [9.17, 15) is 0 Å². The van der Waals surface area contributed by atoms with E-state index < -0.39 is 8.32 Å². The van der Waals surface area contributed by atoms with Gasteiger partial charge in [0.25, 0.3) is 0 Å². The highest BCUT2D eigenvalue weighted by atomic mass is 35.5. The van der Waals surface area contributed by atoms with E-state index in [1.54, 1.807) is 6.20 Å². The van der Waals surface area contributed by atoms with Crippen LogP contribution in [0.15, 0.2) is 6.20 Å². The van der Waals surface area contributed by atoms with Crippen LogP contribution in [0.1, 0.15) is 32.8 Å². The molecular weight excluding hydrogens is 290 g/mol. The van der Waals surface area contributed by atoms with Gasteiger partial charge in [0, 0.05) is 24.9 Å². The third-order valence-electron chi connectivity index (χ3n) is 3.82. The first-order valence-corrected chi connectivity index (χ1v) is 10.3. The summed E-state index contributed by atoms with van der Waals surface area (Å²) >= 11 is 5.79. The molecule has 0 bridgehead atoms. The van der Waals surface area contributed by atoms with Gasteiger partial charge in [-0.25, -0.2) is 9.97 Å². The van der Waals surface area contributed by atoms with Crippen molar-refractivity contribution >= 4 is 25.7 Å². The Bertz CT molecular complexity index is 447. The van der Waals surface area contributed by atoms with E-state index in [2.05, 4.69) is 49.1 Å². The van der Waals surface area contributed by atoms with Crippen LogP contribution in [-0.2, 0) is 4.43 Å². The van der Waals surface area contributed by atoms with Gasteiger partial charge in [-0.05, 0) is 43.1 Å². The van der Waals surface area contributed by atoms with Crippen molar-refractivity contribution in [3.05, 3.63) is 17.0 Å². The van der Waals surface area contributed by atoms with E-state index >= 15 is 0 Å². The molecule has 1 heterocycles. The predicted octanol–water partition coefficient (Wildman–Crippen LogP) is 4.26. The van der Waals surface area contributed by atoms with Gasteiger partial charge in [-0.1, -0.05) is 20.8 Å². The lowest BCUT2D eigenvalue weighted by atomic mass is 10.2. The summed E-state index contributed by atoms with van der Waals surface area (Å²) in [6.07, 6.45) is 2.68. The molecule has 1 rings (SSSR count). The molecule has 0 saturated heterocycles. The zero-order valence-corrected chi connectivity index (χ0v) is 15.1. The van der Waals surface area contributed by atoms with Crippen molar-refractivity contribution in [2.75, 3.05) is 18.5 Å². The number of hydrogen-bond acceptors (Lipinski definition) is 4. The molecule has 114 valence electrons. The van der Waals surface area contributed by atoms with Crippen LogP contribution in [0.25, 0.3) is 0 Å². The van der Waals surface area contributed by atoms with Crippen molar-refractivity contribution in [3.63, 3.8) is 0 Å². The van der Waals surface area contributed by atoms with E-state index in [4.69, 9.17) is 16.0 Å². The Morgan fingerprint density at radius 1 is 1.35 bits per heavy atom. The first-order valence-electron chi connectivity index (χ1n) is 7.00. The molecule has 0 aliphatic carbocycles. The average Bonchev–Trinajstić information content (AvgIpc) is 2.31. The maximum absolute atomic E-state index is 6.13. The molecule has 0 saturated carbocycles. The predicted molar refractivity (Wildman–Crippen MR) is 88.0 cm³/mol. The fraction of sp³-hybridized carbons (Fsp3) is 0.714. The third kappa shape index (κ3) is 5.03. The van der Waals surface area contributed by atoms with E-state index in [0.717, 1.165) is 31.0 Å². The summed E-state index contributed by atoms with van der Waals surface area (Å²) in [5, 5.41) is 3.81. The Kier molecular flexibility index (Phi) is 5.98. The second kappa shape index (κ2) is 6.87. The number of hydrogen-bond donors (Lipinski definition) is 1. The zero-order valence-electron chi connectivity index (χ0n) is 13.4. The summed E-state index contributed by atoms with van der Waals surface area (Å²) in [7, 11) is -1.63. The quantitative estimate of drug-likeness (QED) is 0.484. The van der Waals surface area contributed by atoms with Crippen LogP contribution in [0.4, 0.5) is 5.82 Å². The van der Waals surface area contributed by atoms with Crippen LogP contribution in [0, 0.1) is 6.92 Å². The van der Waals surface area contributed by atoms with E-state index in [1.165, 1.54) is 0 Å². The van der Waals surface area contributed by atoms with Gasteiger partial charge in [0.05, 0.1) is 0 Å². The van der Waals surface area contributed by atoms with Crippen molar-refractivity contribution in [1.82, 2.24) is 9.97 Å². The van der Waals surface area contributed by atoms with Gasteiger partial charge in [-0.3, -0.25) is 0 Å². The van der Waals surface area contributed by atoms with Crippen molar-refractivity contribution in [2.24, 2.45) is 0 Å². The minimum Gasteiger partial charge on any atom is -0.417 e. The van der Waals surface area contributed by atoms with Crippen LogP contribution in [-0.4, -0.2) is 31.4 Å². The van der Waals surface area contributed by atoms with Crippen molar-refractivity contribution in [1.29, 1.82) is 0 Å². The Labute approximate surface area is 128 Å². The molecule has 0 radical (unpaired) electrons. The van der Waals surface area contributed by atoms with Gasteiger partial charge in [0.15, 0.2) is 8.32 Å². The van der Waals surface area contributed by atoms with Crippen LogP contribution < -0.4 is 5.32 Å². The molecule has 0 fully saturated rings. The fourth-order valence-electron chi connectivity index (χ4n) is 1.42. The topological polar surface area (TPSA) is 47.0 Å². The summed E-state index contributed by atoms with van der Waals surface area (Å²) in [5.41, 5.74) is 1.000. The van der Waals surface area contributed by atoms with Gasteiger partial charge in [-0.2, -0.15) is 0 Å². The molecule has 0 amide bonds. The lowest BCUT2D eigenvalue weighted by molar-refractivity contribution is 0.286. The van der Waals surface area contributed by atoms with Crippen LogP contribution in [0.3, 0.4) is 0 Å². The van der Waals surface area contributed by atoms with Crippen LogP contribution in [0.2, 0.25) is 23.4 Å². The first-order chi connectivity index (χ1) is 9.13. The summed E-state index contributed by atoms with van der Waals surface area (Å²) in [6, 6.07) is 0. The summed E-state index contributed by atoms with van der Waals surface area (Å²) < 4.78 is 6.13. The third-order valence-corrected chi connectivity index (χ3v) is 8.55. The number of aryl methyl sites for hydroxylation is 1. The minimum absolute atomic E-state index is 0.261. The lowest BCUT2D eigenvalue weighted by Gasteiger charge is -2.36. The van der Waals surface area contributed by atoms with Gasteiger partial charge in [0.1, 0.15) is 5.82 Å². The minimum atomic E-state index is -1.63. The zero-order chi connectivity index (χ0) is 15.4. The molecule has 0 aliphatic heterocycles. The molecule has 1 aromatic heterocycles. The molecular formula is C14H26ClN3OSi. The monoisotopic (exact) mass is 315 g/mol. The SMILES string of the molecule is Cc1cnc(Cl)nc1NCCCO[Si](C)(C)C(C)(C)C. The van der Waals surface area contributed by atoms with Crippen LogP contribution >= 0.6 is 11.6 Å². The highest BCUT2D eigenvalue weighted by molar-refractivity contribution is 6.74. The number of nitrogens with one attached hydrogen (secondary N) is 1. The number of rotatable bonds is 6. The lowest BCUT2D eigenvalue weighted by Crippen LogP contribution is -2.41. The summed E-state index contributed by atoms with van der Waals surface area (Å²) in [4.78, 5) is 8.11. The van der Waals surface area contributed by atoms with E-state index in [1.807, 2.05) is 6.92 Å². The molecule has 0 unspecified atom stereocenters. The highest BCUT2D eigenvalue weighted by Gasteiger charge is 2.36. The summed E-state index contributed by atoms with van der Waals surface area (Å²) in [5.74, 6) is 0.803. The Morgan fingerprint density at radius 3 is 2.60 bits per heavy atom. The Hall–Kier alpha value is -0.653. The fourth-order valence-corrected chi connectivity index (χ4v) is 2.64. The normalized spacial score (nSPS) is 12.6. The average molecular weight is 316 g/mol. The van der Waals surface area contributed by atoms with Crippen LogP contribution in [0.5, 0.6) is 0 Å². The molecule has 0 spiro atoms. The highest BCUT2D eigenvalue weighted by Crippen LogP contribution is 2.36. The van der Waals surface area contributed by atoms with Gasteiger partial charge in [-0.15, -0.1) is 0 Å². The molecule has 0 aromatic carbocycles. The maximum Gasteiger partial charge on any atom is 0.224 e. The molecule has 0 atom stereocenters. The number of halogens is 1. The Balaban J connectivity index is 2.34. The van der Waals surface area contributed by atoms with Crippen molar-refractivity contribution in [2.45, 2.75) is 52.2 Å². The number of nitrogens with zero attached hydrogens (tertiary/aromatic N) is 2. The summed E-state index contributed by atoms with van der Waals surface area (Å²) in [6.45, 7) is 14.9. The van der Waals surface area contributed by atoms with E-state index in [-0.39, 0.29) is 10.3 Å². The number of anilines is 1. The van der Waals surface area contributed by atoms with Gasteiger partial charge < -0.3 is 9.74 Å². The maximum atomic E-state index is 6.13. The Morgan fingerprint density at radius 2 is 2.00 bits per heavy atom. The van der Waals surface area contributed by atoms with Crippen molar-refractivity contribution in [3.8, 4) is 0 Å². The van der Waals surface area contributed by atoms with E-state index in [0.29, 0.717) is 0 Å². The molecule has 1 aromatic rings. The van der Waals surface area contributed by atoms with Gasteiger partial charge >= 0.3 is 0 Å². The molecule has 6 heteroatoms. The second-order valence-corrected chi connectivity index (χ2v) is 11.7. The smallest absolute Gasteiger partial charge is 0.224 e. The van der Waals surface area contributed by atoms with Crippen molar-refractivity contribution < 1.29 is 4.43 Å². The largest absolute Gasteiger partial charge is 0.417 e. The first kappa shape index (κ1) is 17.4. The number of aromatic nitrogens is 2. The molecule has 20 heavy (non-hydrogen) atoms.